The van der Waals surface area contributed by atoms with Gasteiger partial charge in [-0.2, -0.15) is 4.68 Å². The minimum absolute atomic E-state index is 0.0149. The average Bonchev–Trinajstić information content (AvgIpc) is 3.64. The number of aromatic nitrogens is 6. The standard InChI is InChI=1S/C25H18ClN7O3/c26-17-1-3-22(32-13-29-30-31-32)19(11-17)15-7-18-2-4-23(33(18)24(34)10-15)20-9-16(12-28-20)14-5-6-27-21(8-14)25(35)36/h1,3,5-8,10-13,23H,2,4,9H2,(H,35,36)/t23-/m0/s1. The van der Waals surface area contributed by atoms with Crippen molar-refractivity contribution in [1.29, 1.82) is 0 Å². The first-order valence-electron chi connectivity index (χ1n) is 11.2. The molecule has 0 bridgehead atoms. The van der Waals surface area contributed by atoms with Gasteiger partial charge in [-0.15, -0.1) is 5.10 Å². The van der Waals surface area contributed by atoms with Crippen LogP contribution < -0.4 is 5.56 Å². The fourth-order valence-corrected chi connectivity index (χ4v) is 5.02. The molecule has 6 rings (SSSR count). The predicted octanol–water partition coefficient (Wildman–Crippen LogP) is 3.61. The molecule has 0 saturated heterocycles. The van der Waals surface area contributed by atoms with Crippen LogP contribution in [0.3, 0.4) is 0 Å². The fourth-order valence-electron chi connectivity index (χ4n) is 4.85. The van der Waals surface area contributed by atoms with Crippen molar-refractivity contribution in [2.75, 3.05) is 0 Å². The van der Waals surface area contributed by atoms with Crippen molar-refractivity contribution in [1.82, 2.24) is 29.8 Å². The molecule has 0 spiro atoms. The van der Waals surface area contributed by atoms with E-state index in [1.54, 1.807) is 41.1 Å². The van der Waals surface area contributed by atoms with E-state index in [2.05, 4.69) is 25.5 Å². The highest BCUT2D eigenvalue weighted by Crippen LogP contribution is 2.35. The number of benzene rings is 1. The Hall–Kier alpha value is -4.44. The Morgan fingerprint density at radius 1 is 1.11 bits per heavy atom. The molecule has 3 aromatic heterocycles. The van der Waals surface area contributed by atoms with Crippen LogP contribution >= 0.6 is 11.6 Å². The van der Waals surface area contributed by atoms with E-state index in [1.165, 1.54) is 17.2 Å². The first-order chi connectivity index (χ1) is 17.5. The molecule has 2 aliphatic rings. The Morgan fingerprint density at radius 3 is 2.81 bits per heavy atom. The number of pyridine rings is 2. The van der Waals surface area contributed by atoms with Crippen molar-refractivity contribution in [3.63, 3.8) is 0 Å². The van der Waals surface area contributed by atoms with Crippen LogP contribution in [0.15, 0.2) is 71.0 Å². The summed E-state index contributed by atoms with van der Waals surface area (Å²) >= 11 is 6.28. The number of carbonyl (C=O) groups is 1. The van der Waals surface area contributed by atoms with Crippen molar-refractivity contribution in [3.8, 4) is 16.8 Å². The summed E-state index contributed by atoms with van der Waals surface area (Å²) in [7, 11) is 0. The fraction of sp³-hybridized carbons (Fsp3) is 0.160. The van der Waals surface area contributed by atoms with E-state index < -0.39 is 5.97 Å². The van der Waals surface area contributed by atoms with Crippen molar-refractivity contribution in [3.05, 3.63) is 93.5 Å². The summed E-state index contributed by atoms with van der Waals surface area (Å²) in [5.41, 5.74) is 5.53. The first-order valence-corrected chi connectivity index (χ1v) is 11.6. The normalized spacial score (nSPS) is 16.5. The molecule has 1 atom stereocenters. The van der Waals surface area contributed by atoms with E-state index in [4.69, 9.17) is 11.6 Å². The van der Waals surface area contributed by atoms with Crippen LogP contribution in [0.4, 0.5) is 0 Å². The average molecular weight is 500 g/mol. The zero-order valence-electron chi connectivity index (χ0n) is 18.7. The van der Waals surface area contributed by atoms with Gasteiger partial charge in [-0.3, -0.25) is 9.79 Å². The number of allylic oxidation sites excluding steroid dienone is 1. The lowest BCUT2D eigenvalue weighted by molar-refractivity contribution is 0.0690. The molecule has 11 heteroatoms. The third-order valence-corrected chi connectivity index (χ3v) is 6.73. The minimum Gasteiger partial charge on any atom is -0.477 e. The van der Waals surface area contributed by atoms with E-state index in [1.807, 2.05) is 12.1 Å². The van der Waals surface area contributed by atoms with Gasteiger partial charge < -0.3 is 9.67 Å². The lowest BCUT2D eigenvalue weighted by Gasteiger charge is -2.17. The van der Waals surface area contributed by atoms with Gasteiger partial charge >= 0.3 is 5.97 Å². The smallest absolute Gasteiger partial charge is 0.354 e. The van der Waals surface area contributed by atoms with Crippen molar-refractivity contribution in [2.45, 2.75) is 25.3 Å². The Bertz CT molecular complexity index is 1640. The largest absolute Gasteiger partial charge is 0.477 e. The molecule has 5 heterocycles. The summed E-state index contributed by atoms with van der Waals surface area (Å²) in [6.07, 6.45) is 6.74. The summed E-state index contributed by atoms with van der Waals surface area (Å²) in [5, 5.41) is 21.2. The number of carboxylic acid groups (broad SMARTS) is 1. The Balaban J connectivity index is 1.31. The van der Waals surface area contributed by atoms with E-state index >= 15 is 0 Å². The van der Waals surface area contributed by atoms with E-state index in [9.17, 15) is 14.7 Å². The summed E-state index contributed by atoms with van der Waals surface area (Å²) in [4.78, 5) is 33.1. The molecule has 36 heavy (non-hydrogen) atoms. The van der Waals surface area contributed by atoms with Gasteiger partial charge in [0, 0.05) is 46.9 Å². The van der Waals surface area contributed by atoms with Crippen LogP contribution in [0.2, 0.25) is 5.02 Å². The van der Waals surface area contributed by atoms with E-state index in [-0.39, 0.29) is 17.3 Å². The van der Waals surface area contributed by atoms with Gasteiger partial charge in [-0.25, -0.2) is 9.78 Å². The van der Waals surface area contributed by atoms with Crippen molar-refractivity contribution >= 4 is 28.9 Å². The first kappa shape index (κ1) is 22.1. The summed E-state index contributed by atoms with van der Waals surface area (Å²) in [6.45, 7) is 0. The van der Waals surface area contributed by atoms with Crippen molar-refractivity contribution < 1.29 is 9.90 Å². The number of carboxylic acids is 1. The highest BCUT2D eigenvalue weighted by molar-refractivity contribution is 6.31. The maximum atomic E-state index is 13.4. The number of fused-ring (bicyclic) bond motifs is 1. The molecular weight excluding hydrogens is 482 g/mol. The van der Waals surface area contributed by atoms with Gasteiger partial charge in [-0.1, -0.05) is 11.6 Å². The second kappa shape index (κ2) is 8.65. The van der Waals surface area contributed by atoms with Crippen LogP contribution in [0.5, 0.6) is 0 Å². The molecule has 1 N–H and O–H groups in total. The molecule has 1 aromatic carbocycles. The third-order valence-electron chi connectivity index (χ3n) is 6.49. The molecule has 2 aliphatic heterocycles. The number of tetrazole rings is 1. The van der Waals surface area contributed by atoms with Gasteiger partial charge in [0.1, 0.15) is 12.0 Å². The number of halogens is 1. The highest BCUT2D eigenvalue weighted by atomic mass is 35.5. The summed E-state index contributed by atoms with van der Waals surface area (Å²) in [5.74, 6) is -1.08. The van der Waals surface area contributed by atoms with Gasteiger partial charge in [0.05, 0.1) is 11.7 Å². The summed E-state index contributed by atoms with van der Waals surface area (Å²) in [6, 6.07) is 12.1. The zero-order chi connectivity index (χ0) is 24.8. The molecule has 0 aliphatic carbocycles. The predicted molar refractivity (Wildman–Crippen MR) is 132 cm³/mol. The number of hydrogen-bond acceptors (Lipinski definition) is 7. The zero-order valence-corrected chi connectivity index (χ0v) is 19.5. The molecule has 0 radical (unpaired) electrons. The quantitative estimate of drug-likeness (QED) is 0.444. The molecular formula is C25H18ClN7O3. The lowest BCUT2D eigenvalue weighted by Crippen LogP contribution is -2.27. The van der Waals surface area contributed by atoms with Gasteiger partial charge in [0.25, 0.3) is 5.56 Å². The van der Waals surface area contributed by atoms with E-state index in [0.717, 1.165) is 52.2 Å². The molecule has 4 aromatic rings. The SMILES string of the molecule is O=C(O)c1cc(C2=CN=C([C@@H]3CCc4cc(-c5cc(Cl)ccc5-n5cnnn5)cc(=O)n43)C2)ccn1. The second-order valence-electron chi connectivity index (χ2n) is 8.60. The lowest BCUT2D eigenvalue weighted by atomic mass is 9.99. The number of hydrogen-bond donors (Lipinski definition) is 1. The number of nitrogens with zero attached hydrogens (tertiary/aromatic N) is 7. The molecule has 0 amide bonds. The van der Waals surface area contributed by atoms with Crippen LogP contribution in [-0.4, -0.2) is 46.5 Å². The third kappa shape index (κ3) is 3.81. The number of rotatable bonds is 5. The molecule has 0 fully saturated rings. The van der Waals surface area contributed by atoms with Crippen LogP contribution in [-0.2, 0) is 6.42 Å². The Kier molecular flexibility index (Phi) is 5.30. The maximum absolute atomic E-state index is 13.4. The topological polar surface area (TPSA) is 128 Å². The Labute approximate surface area is 209 Å². The highest BCUT2D eigenvalue weighted by Gasteiger charge is 2.30. The molecule has 10 nitrogen and oxygen atoms in total. The van der Waals surface area contributed by atoms with Crippen LogP contribution in [0.25, 0.3) is 22.4 Å². The summed E-state index contributed by atoms with van der Waals surface area (Å²) < 4.78 is 3.34. The number of aromatic carboxylic acids is 1. The number of aliphatic imine (C=N–C) groups is 1. The van der Waals surface area contributed by atoms with Gasteiger partial charge in [0.15, 0.2) is 0 Å². The molecule has 0 unspecified atom stereocenters. The second-order valence-corrected chi connectivity index (χ2v) is 9.04. The van der Waals surface area contributed by atoms with Crippen LogP contribution in [0.1, 0.15) is 40.6 Å². The van der Waals surface area contributed by atoms with E-state index in [0.29, 0.717) is 11.4 Å². The van der Waals surface area contributed by atoms with Crippen LogP contribution in [0, 0.1) is 0 Å². The van der Waals surface area contributed by atoms with Crippen molar-refractivity contribution in [2.24, 2.45) is 4.99 Å². The Morgan fingerprint density at radius 2 is 2.00 bits per heavy atom. The maximum Gasteiger partial charge on any atom is 0.354 e. The molecule has 0 saturated carbocycles. The number of aryl methyl sites for hydroxylation is 1. The molecule has 178 valence electrons. The monoisotopic (exact) mass is 499 g/mol. The van der Waals surface area contributed by atoms with Gasteiger partial charge in [-0.05, 0) is 76.4 Å². The minimum atomic E-state index is -1.08. The van der Waals surface area contributed by atoms with Gasteiger partial charge in [0.2, 0.25) is 0 Å².